The van der Waals surface area contributed by atoms with E-state index in [0.717, 1.165) is 63.5 Å². The van der Waals surface area contributed by atoms with Gasteiger partial charge in [-0.15, -0.1) is 0 Å². The van der Waals surface area contributed by atoms with Gasteiger partial charge in [-0.05, 0) is 38.5 Å². The van der Waals surface area contributed by atoms with Crippen LogP contribution in [0.15, 0.2) is 5.18 Å². The Balaban J connectivity index is 1.88. The monoisotopic (exact) mass is 473 g/mol. The van der Waals surface area contributed by atoms with Crippen LogP contribution < -0.4 is 20.0 Å². The number of hydrogen-bond acceptors (Lipinski definition) is 12. The Morgan fingerprint density at radius 2 is 1.35 bits per heavy atom. The highest BCUT2D eigenvalue weighted by molar-refractivity contribution is 5.95. The summed E-state index contributed by atoms with van der Waals surface area (Å²) in [5.74, 6) is 2.40. The molecule has 12 nitrogen and oxygen atoms in total. The van der Waals surface area contributed by atoms with Crippen LogP contribution >= 0.6 is 0 Å². The number of nitrogens with zero attached hydrogens (tertiary/aromatic N) is 8. The topological polar surface area (TPSA) is 143 Å². The molecule has 0 radical (unpaired) electrons. The third-order valence-corrected chi connectivity index (χ3v) is 6.32. The minimum atomic E-state index is -0.0659. The fourth-order valence-corrected chi connectivity index (χ4v) is 4.61. The number of aliphatic hydroxyl groups is 2. The number of nitrogens with one attached hydrogen (secondary N) is 1. The van der Waals surface area contributed by atoms with Gasteiger partial charge in [-0.1, -0.05) is 5.18 Å². The van der Waals surface area contributed by atoms with E-state index < -0.39 is 0 Å². The molecule has 2 aromatic heterocycles. The van der Waals surface area contributed by atoms with E-state index in [9.17, 15) is 15.1 Å². The lowest BCUT2D eigenvalue weighted by atomic mass is 10.1. The Labute approximate surface area is 199 Å². The molecule has 3 N–H and O–H groups in total. The fraction of sp³-hybridized carbons (Fsp3) is 0.727. The maximum absolute atomic E-state index is 10.6. The van der Waals surface area contributed by atoms with E-state index in [2.05, 4.69) is 20.3 Å². The summed E-state index contributed by atoms with van der Waals surface area (Å²) in [6.45, 7) is 4.53. The lowest BCUT2D eigenvalue weighted by molar-refractivity contribution is 0.280. The van der Waals surface area contributed by atoms with Crippen LogP contribution in [0.4, 0.5) is 23.5 Å². The predicted octanol–water partition coefficient (Wildman–Crippen LogP) is 1.37. The predicted molar refractivity (Wildman–Crippen MR) is 133 cm³/mol. The molecule has 186 valence electrons. The highest BCUT2D eigenvalue weighted by Gasteiger charge is 2.26. The van der Waals surface area contributed by atoms with Crippen LogP contribution in [-0.4, -0.2) is 95.7 Å². The molecule has 0 bridgehead atoms. The van der Waals surface area contributed by atoms with Crippen molar-refractivity contribution in [3.8, 4) is 0 Å². The molecule has 2 fully saturated rings. The van der Waals surface area contributed by atoms with Crippen LogP contribution in [-0.2, 0) is 0 Å². The second kappa shape index (κ2) is 12.0. The highest BCUT2D eigenvalue weighted by atomic mass is 16.3. The molecular weight excluding hydrogens is 438 g/mol. The summed E-state index contributed by atoms with van der Waals surface area (Å²) >= 11 is 0. The summed E-state index contributed by atoms with van der Waals surface area (Å²) in [7, 11) is 0. The van der Waals surface area contributed by atoms with E-state index in [1.54, 1.807) is 4.90 Å². The van der Waals surface area contributed by atoms with Gasteiger partial charge in [0.25, 0.3) is 0 Å². The van der Waals surface area contributed by atoms with Gasteiger partial charge in [0.1, 0.15) is 11.0 Å². The maximum Gasteiger partial charge on any atom is 0.228 e. The normalized spacial score (nSPS) is 16.6. The van der Waals surface area contributed by atoms with Gasteiger partial charge < -0.3 is 30.2 Å². The average molecular weight is 474 g/mol. The molecule has 0 saturated carbocycles. The van der Waals surface area contributed by atoms with E-state index in [-0.39, 0.29) is 19.8 Å². The Kier molecular flexibility index (Phi) is 8.58. The zero-order valence-electron chi connectivity index (χ0n) is 19.7. The van der Waals surface area contributed by atoms with Gasteiger partial charge in [-0.2, -0.15) is 14.9 Å². The number of piperidine rings is 2. The molecule has 4 rings (SSSR count). The van der Waals surface area contributed by atoms with E-state index >= 15 is 0 Å². The van der Waals surface area contributed by atoms with Crippen molar-refractivity contribution in [3.05, 3.63) is 4.91 Å². The summed E-state index contributed by atoms with van der Waals surface area (Å²) in [6, 6.07) is 0. The van der Waals surface area contributed by atoms with Crippen molar-refractivity contribution in [2.45, 2.75) is 38.5 Å². The van der Waals surface area contributed by atoms with E-state index in [0.29, 0.717) is 42.6 Å². The SMILES string of the molecule is O=NCCNc1nc(N2CCCCC2)c2nc(N(CCO)CCO)nc(N3CCCCC3)c2n1. The second-order valence-corrected chi connectivity index (χ2v) is 8.72. The summed E-state index contributed by atoms with van der Waals surface area (Å²) in [6.07, 6.45) is 6.71. The van der Waals surface area contributed by atoms with Gasteiger partial charge in [0, 0.05) is 45.8 Å². The van der Waals surface area contributed by atoms with Crippen molar-refractivity contribution in [1.29, 1.82) is 0 Å². The zero-order chi connectivity index (χ0) is 23.8. The van der Waals surface area contributed by atoms with Gasteiger partial charge >= 0.3 is 0 Å². The number of hydrogen-bond donors (Lipinski definition) is 3. The van der Waals surface area contributed by atoms with Crippen molar-refractivity contribution >= 4 is 34.6 Å². The second-order valence-electron chi connectivity index (χ2n) is 8.72. The molecule has 2 aliphatic heterocycles. The van der Waals surface area contributed by atoms with E-state index in [1.807, 2.05) is 0 Å². The minimum absolute atomic E-state index is 0.0659. The van der Waals surface area contributed by atoms with Crippen molar-refractivity contribution in [3.63, 3.8) is 0 Å². The minimum Gasteiger partial charge on any atom is -0.395 e. The quantitative estimate of drug-likeness (QED) is 0.321. The van der Waals surface area contributed by atoms with Gasteiger partial charge in [0.2, 0.25) is 11.9 Å². The molecule has 0 aliphatic carbocycles. The first-order valence-corrected chi connectivity index (χ1v) is 12.3. The Hall–Kier alpha value is -2.86. The molecule has 4 heterocycles. The maximum atomic E-state index is 10.6. The van der Waals surface area contributed by atoms with Crippen LogP contribution in [0.25, 0.3) is 11.0 Å². The molecule has 0 aromatic carbocycles. The number of aromatic nitrogens is 4. The van der Waals surface area contributed by atoms with Crippen molar-refractivity contribution in [1.82, 2.24) is 19.9 Å². The van der Waals surface area contributed by atoms with Crippen LogP contribution in [0.1, 0.15) is 38.5 Å². The highest BCUT2D eigenvalue weighted by Crippen LogP contribution is 2.34. The number of aliphatic hydroxyl groups excluding tert-OH is 2. The van der Waals surface area contributed by atoms with Crippen LogP contribution in [0.3, 0.4) is 0 Å². The van der Waals surface area contributed by atoms with Gasteiger partial charge in [-0.25, -0.2) is 9.97 Å². The third kappa shape index (κ3) is 5.61. The van der Waals surface area contributed by atoms with E-state index in [1.165, 1.54) is 12.8 Å². The summed E-state index contributed by atoms with van der Waals surface area (Å²) in [5.41, 5.74) is 1.35. The summed E-state index contributed by atoms with van der Waals surface area (Å²) < 4.78 is 0. The molecule has 0 spiro atoms. The fourth-order valence-electron chi connectivity index (χ4n) is 4.61. The first-order valence-electron chi connectivity index (χ1n) is 12.3. The number of fused-ring (bicyclic) bond motifs is 1. The van der Waals surface area contributed by atoms with Gasteiger partial charge in [-0.3, -0.25) is 0 Å². The number of rotatable bonds is 11. The Morgan fingerprint density at radius 1 is 0.794 bits per heavy atom. The molecule has 0 atom stereocenters. The summed E-state index contributed by atoms with van der Waals surface area (Å²) in [5, 5.41) is 25.2. The Bertz CT molecular complexity index is 943. The standard InChI is InChI=1S/C22H35N9O3/c32-15-13-31(14-16-33)22-26-18-17(20(28-22)30-11-5-2-6-12-30)25-21(23-7-8-24-34)27-19(18)29-9-3-1-4-10-29/h32-33H,1-16H2,(H,23,25,27). The molecule has 2 saturated heterocycles. The number of nitroso groups, excluding NO2 is 1. The lowest BCUT2D eigenvalue weighted by Gasteiger charge is -2.32. The van der Waals surface area contributed by atoms with Crippen molar-refractivity contribution in [2.75, 3.05) is 85.6 Å². The third-order valence-electron chi connectivity index (χ3n) is 6.32. The number of anilines is 4. The van der Waals surface area contributed by atoms with Gasteiger partial charge in [0.05, 0.1) is 19.8 Å². The largest absolute Gasteiger partial charge is 0.395 e. The van der Waals surface area contributed by atoms with Crippen molar-refractivity contribution in [2.24, 2.45) is 5.18 Å². The molecular formula is C22H35N9O3. The molecule has 2 aliphatic rings. The van der Waals surface area contributed by atoms with Crippen molar-refractivity contribution < 1.29 is 10.2 Å². The smallest absolute Gasteiger partial charge is 0.228 e. The molecule has 2 aromatic rings. The van der Waals surface area contributed by atoms with Gasteiger partial charge in [0.15, 0.2) is 11.6 Å². The van der Waals surface area contributed by atoms with Crippen LogP contribution in [0, 0.1) is 4.91 Å². The van der Waals surface area contributed by atoms with E-state index in [4.69, 9.17) is 19.9 Å². The first kappa shape index (κ1) is 24.3. The first-order chi connectivity index (χ1) is 16.7. The average Bonchev–Trinajstić information content (AvgIpc) is 2.89. The molecule has 0 amide bonds. The lowest BCUT2D eigenvalue weighted by Crippen LogP contribution is -2.35. The van der Waals surface area contributed by atoms with Crippen LogP contribution in [0.2, 0.25) is 0 Å². The van der Waals surface area contributed by atoms with Crippen LogP contribution in [0.5, 0.6) is 0 Å². The molecule has 0 unspecified atom stereocenters. The molecule has 12 heteroatoms. The zero-order valence-corrected chi connectivity index (χ0v) is 19.7. The Morgan fingerprint density at radius 3 is 1.91 bits per heavy atom. The molecule has 34 heavy (non-hydrogen) atoms. The summed E-state index contributed by atoms with van der Waals surface area (Å²) in [4.78, 5) is 36.3.